The lowest BCUT2D eigenvalue weighted by atomic mass is 10.3. The Morgan fingerprint density at radius 1 is 1.33 bits per heavy atom. The van der Waals surface area contributed by atoms with Crippen molar-refractivity contribution in [1.29, 1.82) is 0 Å². The van der Waals surface area contributed by atoms with E-state index in [1.165, 1.54) is 0 Å². The third kappa shape index (κ3) is 4.66. The lowest BCUT2D eigenvalue weighted by Crippen LogP contribution is -2.16. The second kappa shape index (κ2) is 4.99. The van der Waals surface area contributed by atoms with Crippen LogP contribution in [-0.4, -0.2) is 19.7 Å². The largest absolute Gasteiger partial charge is 0.492 e. The van der Waals surface area contributed by atoms with E-state index in [9.17, 15) is 0 Å². The number of aromatic nitrogens is 1. The Labute approximate surface area is 92.7 Å². The van der Waals surface area contributed by atoms with Crippen LogP contribution in [-0.2, 0) is 0 Å². The van der Waals surface area contributed by atoms with Gasteiger partial charge in [-0.3, -0.25) is 0 Å². The lowest BCUT2D eigenvalue weighted by molar-refractivity contribution is 0.339. The number of ether oxygens (including phenoxy) is 1. The van der Waals surface area contributed by atoms with Gasteiger partial charge in [-0.2, -0.15) is 0 Å². The van der Waals surface area contributed by atoms with Crippen molar-refractivity contribution >= 4 is 8.07 Å². The molecule has 0 unspecified atom stereocenters. The smallest absolute Gasteiger partial charge is 0.137 e. The predicted octanol–water partition coefficient (Wildman–Crippen LogP) is 2.71. The molecule has 0 spiro atoms. The first-order chi connectivity index (χ1) is 7.01. The summed E-state index contributed by atoms with van der Waals surface area (Å²) in [6.45, 7) is 9.28. The first kappa shape index (κ1) is 11.8. The van der Waals surface area contributed by atoms with Crippen molar-refractivity contribution in [2.45, 2.75) is 26.6 Å². The summed E-state index contributed by atoms with van der Waals surface area (Å²) in [5.41, 5.74) is 4.10. The van der Waals surface area contributed by atoms with Crippen molar-refractivity contribution < 1.29 is 4.74 Å². The minimum atomic E-state index is -1.30. The average molecular weight is 219 g/mol. The van der Waals surface area contributed by atoms with E-state index in [1.807, 2.05) is 19.1 Å². The van der Waals surface area contributed by atoms with Crippen LogP contribution in [0.1, 0.15) is 12.6 Å². The van der Waals surface area contributed by atoms with Crippen molar-refractivity contribution in [1.82, 2.24) is 4.98 Å². The van der Waals surface area contributed by atoms with Gasteiger partial charge < -0.3 is 4.74 Å². The standard InChI is InChI=1S/C12H17NOSi/c1-5-14-12-7-6-11(13-10-12)8-9-15(2,3)4/h6-7,10H,5H2,1-4H3. The SMILES string of the molecule is CCOc1ccc(C#C[Si](C)(C)C)nc1. The van der Waals surface area contributed by atoms with Gasteiger partial charge in [-0.25, -0.2) is 4.98 Å². The van der Waals surface area contributed by atoms with E-state index >= 15 is 0 Å². The highest BCUT2D eigenvalue weighted by atomic mass is 28.3. The fraction of sp³-hybridized carbons (Fsp3) is 0.417. The number of rotatable bonds is 2. The molecule has 0 bridgehead atoms. The Balaban J connectivity index is 2.75. The minimum Gasteiger partial charge on any atom is -0.492 e. The monoisotopic (exact) mass is 219 g/mol. The summed E-state index contributed by atoms with van der Waals surface area (Å²) >= 11 is 0. The van der Waals surface area contributed by atoms with E-state index in [1.54, 1.807) is 6.20 Å². The summed E-state index contributed by atoms with van der Waals surface area (Å²) < 4.78 is 5.30. The van der Waals surface area contributed by atoms with E-state index in [0.717, 1.165) is 11.4 Å². The Morgan fingerprint density at radius 3 is 2.53 bits per heavy atom. The minimum absolute atomic E-state index is 0.668. The van der Waals surface area contributed by atoms with Gasteiger partial charge in [0, 0.05) is 0 Å². The van der Waals surface area contributed by atoms with Crippen molar-refractivity contribution in [3.05, 3.63) is 24.0 Å². The second-order valence-corrected chi connectivity index (χ2v) is 9.06. The molecule has 0 fully saturated rings. The van der Waals surface area contributed by atoms with Gasteiger partial charge in [-0.1, -0.05) is 25.6 Å². The maximum atomic E-state index is 5.30. The van der Waals surface area contributed by atoms with Crippen LogP contribution in [0.3, 0.4) is 0 Å². The number of hydrogen-bond donors (Lipinski definition) is 0. The molecule has 1 heterocycles. The summed E-state index contributed by atoms with van der Waals surface area (Å²) in [5, 5.41) is 0. The molecule has 0 aliphatic heterocycles. The van der Waals surface area contributed by atoms with Crippen LogP contribution in [0.25, 0.3) is 0 Å². The molecule has 15 heavy (non-hydrogen) atoms. The van der Waals surface area contributed by atoms with Crippen LogP contribution in [0, 0.1) is 11.5 Å². The molecular weight excluding hydrogens is 202 g/mol. The molecule has 0 radical (unpaired) electrons. The van der Waals surface area contributed by atoms with Gasteiger partial charge in [-0.15, -0.1) is 5.54 Å². The molecule has 3 heteroatoms. The summed E-state index contributed by atoms with van der Waals surface area (Å²) in [6, 6.07) is 3.81. The van der Waals surface area contributed by atoms with Gasteiger partial charge in [0.2, 0.25) is 0 Å². The third-order valence-corrected chi connectivity index (χ3v) is 2.49. The fourth-order valence-electron chi connectivity index (χ4n) is 0.958. The Morgan fingerprint density at radius 2 is 2.07 bits per heavy atom. The van der Waals surface area contributed by atoms with Gasteiger partial charge in [0.05, 0.1) is 12.8 Å². The molecule has 2 nitrogen and oxygen atoms in total. The molecule has 0 saturated carbocycles. The van der Waals surface area contributed by atoms with Crippen LogP contribution in [0.2, 0.25) is 19.6 Å². The van der Waals surface area contributed by atoms with Crippen molar-refractivity contribution in [3.63, 3.8) is 0 Å². The summed E-state index contributed by atoms with van der Waals surface area (Å²) in [7, 11) is -1.30. The molecule has 1 rings (SSSR count). The van der Waals surface area contributed by atoms with Crippen molar-refractivity contribution in [2.24, 2.45) is 0 Å². The van der Waals surface area contributed by atoms with E-state index in [4.69, 9.17) is 4.74 Å². The van der Waals surface area contributed by atoms with Crippen LogP contribution >= 0.6 is 0 Å². The van der Waals surface area contributed by atoms with Crippen LogP contribution in [0.15, 0.2) is 18.3 Å². The van der Waals surface area contributed by atoms with Crippen LogP contribution in [0.4, 0.5) is 0 Å². The van der Waals surface area contributed by atoms with E-state index in [0.29, 0.717) is 6.61 Å². The maximum Gasteiger partial charge on any atom is 0.137 e. The van der Waals surface area contributed by atoms with E-state index < -0.39 is 8.07 Å². The first-order valence-electron chi connectivity index (χ1n) is 5.13. The summed E-state index contributed by atoms with van der Waals surface area (Å²) in [6.07, 6.45) is 1.72. The highest BCUT2D eigenvalue weighted by molar-refractivity contribution is 6.83. The molecular formula is C12H17NOSi. The first-order valence-corrected chi connectivity index (χ1v) is 8.63. The molecule has 0 aliphatic rings. The molecule has 0 aromatic carbocycles. The summed E-state index contributed by atoms with van der Waals surface area (Å²) in [5.74, 6) is 3.90. The summed E-state index contributed by atoms with van der Waals surface area (Å²) in [4.78, 5) is 4.22. The predicted molar refractivity (Wildman–Crippen MR) is 65.6 cm³/mol. The highest BCUT2D eigenvalue weighted by Gasteiger charge is 2.07. The van der Waals surface area contributed by atoms with Gasteiger partial charge >= 0.3 is 0 Å². The lowest BCUT2D eigenvalue weighted by Gasteiger charge is -2.03. The Bertz CT molecular complexity index is 367. The average Bonchev–Trinajstić information content (AvgIpc) is 2.16. The quantitative estimate of drug-likeness (QED) is 0.563. The highest BCUT2D eigenvalue weighted by Crippen LogP contribution is 2.08. The van der Waals surface area contributed by atoms with Crippen LogP contribution < -0.4 is 4.74 Å². The molecule has 0 saturated heterocycles. The second-order valence-electron chi connectivity index (χ2n) is 4.31. The fourth-order valence-corrected chi connectivity index (χ4v) is 1.46. The van der Waals surface area contributed by atoms with Crippen molar-refractivity contribution in [2.75, 3.05) is 6.61 Å². The topological polar surface area (TPSA) is 22.1 Å². The normalized spacial score (nSPS) is 10.4. The Kier molecular flexibility index (Phi) is 3.93. The van der Waals surface area contributed by atoms with E-state index in [-0.39, 0.29) is 0 Å². The molecule has 80 valence electrons. The zero-order valence-electron chi connectivity index (χ0n) is 9.79. The number of hydrogen-bond acceptors (Lipinski definition) is 2. The maximum absolute atomic E-state index is 5.30. The molecule has 0 atom stereocenters. The molecule has 0 N–H and O–H groups in total. The van der Waals surface area contributed by atoms with Gasteiger partial charge in [0.1, 0.15) is 19.5 Å². The number of nitrogens with zero attached hydrogens (tertiary/aromatic N) is 1. The number of pyridine rings is 1. The van der Waals surface area contributed by atoms with E-state index in [2.05, 4.69) is 36.1 Å². The third-order valence-electron chi connectivity index (χ3n) is 1.61. The zero-order chi connectivity index (χ0) is 11.3. The molecule has 0 amide bonds. The van der Waals surface area contributed by atoms with Crippen LogP contribution in [0.5, 0.6) is 5.75 Å². The zero-order valence-corrected chi connectivity index (χ0v) is 10.8. The van der Waals surface area contributed by atoms with Gasteiger partial charge in [-0.05, 0) is 19.1 Å². The molecule has 0 aliphatic carbocycles. The van der Waals surface area contributed by atoms with Crippen molar-refractivity contribution in [3.8, 4) is 17.2 Å². The van der Waals surface area contributed by atoms with Gasteiger partial charge in [0.25, 0.3) is 0 Å². The molecule has 1 aromatic heterocycles. The Hall–Kier alpha value is -1.27. The molecule has 1 aromatic rings. The van der Waals surface area contributed by atoms with Gasteiger partial charge in [0.15, 0.2) is 0 Å².